The molecule has 1 amide bonds. The van der Waals surface area contributed by atoms with Gasteiger partial charge in [0.05, 0.1) is 16.5 Å². The third-order valence-electron chi connectivity index (χ3n) is 4.52. The lowest BCUT2D eigenvalue weighted by Gasteiger charge is -2.36. The number of rotatable bonds is 6. The first-order valence-corrected chi connectivity index (χ1v) is 10.9. The first-order valence-electron chi connectivity index (χ1n) is 8.34. The molecule has 1 fully saturated rings. The van der Waals surface area contributed by atoms with Crippen molar-refractivity contribution in [1.29, 1.82) is 0 Å². The molecule has 0 radical (unpaired) electrons. The van der Waals surface area contributed by atoms with Crippen LogP contribution in [0.15, 0.2) is 5.38 Å². The van der Waals surface area contributed by atoms with E-state index in [9.17, 15) is 13.2 Å². The molecule has 0 aromatic carbocycles. The SMILES string of the molecule is CCc1nc(CS(=O)(=O)C(C)C(=O)N2CCCCC2CC)cs1. The van der Waals surface area contributed by atoms with Crippen molar-refractivity contribution >= 4 is 27.1 Å². The van der Waals surface area contributed by atoms with Gasteiger partial charge in [0.15, 0.2) is 9.84 Å². The van der Waals surface area contributed by atoms with Gasteiger partial charge in [-0.3, -0.25) is 4.79 Å². The Balaban J connectivity index is 2.10. The molecule has 0 aliphatic carbocycles. The molecule has 0 N–H and O–H groups in total. The summed E-state index contributed by atoms with van der Waals surface area (Å²) in [6, 6.07) is 0.180. The molecule has 5 nitrogen and oxygen atoms in total. The van der Waals surface area contributed by atoms with Crippen molar-refractivity contribution in [2.75, 3.05) is 6.54 Å². The predicted octanol–water partition coefficient (Wildman–Crippen LogP) is 2.80. The fourth-order valence-electron chi connectivity index (χ4n) is 3.01. The van der Waals surface area contributed by atoms with Crippen molar-refractivity contribution in [3.05, 3.63) is 16.1 Å². The number of amides is 1. The molecule has 7 heteroatoms. The number of carbonyl (C=O) groups excluding carboxylic acids is 1. The summed E-state index contributed by atoms with van der Waals surface area (Å²) >= 11 is 1.47. The molecule has 1 aromatic rings. The van der Waals surface area contributed by atoms with Gasteiger partial charge in [0.1, 0.15) is 5.25 Å². The van der Waals surface area contributed by atoms with Crippen LogP contribution in [0.25, 0.3) is 0 Å². The van der Waals surface area contributed by atoms with Gasteiger partial charge in [-0.05, 0) is 39.0 Å². The summed E-state index contributed by atoms with van der Waals surface area (Å²) in [5.74, 6) is -0.399. The maximum atomic E-state index is 12.7. The van der Waals surface area contributed by atoms with Crippen LogP contribution in [0, 0.1) is 0 Å². The number of sulfone groups is 1. The van der Waals surface area contributed by atoms with Crippen molar-refractivity contribution in [1.82, 2.24) is 9.88 Å². The van der Waals surface area contributed by atoms with E-state index in [1.807, 2.05) is 6.92 Å². The highest BCUT2D eigenvalue weighted by molar-refractivity contribution is 7.92. The first-order chi connectivity index (χ1) is 10.9. The zero-order valence-electron chi connectivity index (χ0n) is 14.1. The largest absolute Gasteiger partial charge is 0.339 e. The Kier molecular flexibility index (Phi) is 6.19. The van der Waals surface area contributed by atoms with Crippen LogP contribution in [-0.2, 0) is 26.8 Å². The van der Waals surface area contributed by atoms with E-state index in [0.29, 0.717) is 12.2 Å². The standard InChI is InChI=1S/C16H26N2O3S2/c1-4-14-8-6-7-9-18(14)16(19)12(3)23(20,21)11-13-10-22-15(5-2)17-13/h10,12,14H,4-9,11H2,1-3H3. The molecule has 0 saturated carbocycles. The monoisotopic (exact) mass is 358 g/mol. The predicted molar refractivity (Wildman–Crippen MR) is 93.2 cm³/mol. The molecule has 0 spiro atoms. The smallest absolute Gasteiger partial charge is 0.240 e. The fraction of sp³-hybridized carbons (Fsp3) is 0.750. The molecule has 2 heterocycles. The molecule has 1 saturated heterocycles. The number of nitrogens with zero attached hydrogens (tertiary/aromatic N) is 2. The summed E-state index contributed by atoms with van der Waals surface area (Å²) in [6.07, 6.45) is 4.72. The third-order valence-corrected chi connectivity index (χ3v) is 7.54. The number of carbonyl (C=O) groups is 1. The molecule has 2 rings (SSSR count). The zero-order valence-corrected chi connectivity index (χ0v) is 15.8. The minimum absolute atomic E-state index is 0.152. The van der Waals surface area contributed by atoms with E-state index >= 15 is 0 Å². The highest BCUT2D eigenvalue weighted by Crippen LogP contribution is 2.23. The lowest BCUT2D eigenvalue weighted by Crippen LogP contribution is -2.49. The Labute approximate surface area is 143 Å². The average molecular weight is 359 g/mol. The zero-order chi connectivity index (χ0) is 17.0. The number of likely N-dealkylation sites (tertiary alicyclic amines) is 1. The molecule has 23 heavy (non-hydrogen) atoms. The Morgan fingerprint density at radius 1 is 1.43 bits per heavy atom. The molecule has 130 valence electrons. The second-order valence-corrected chi connectivity index (χ2v) is 9.39. The molecular formula is C16H26N2O3S2. The summed E-state index contributed by atoms with van der Waals surface area (Å²) in [6.45, 7) is 6.24. The molecule has 2 atom stereocenters. The van der Waals surface area contributed by atoms with Gasteiger partial charge in [0.25, 0.3) is 0 Å². The number of hydrogen-bond donors (Lipinski definition) is 0. The maximum Gasteiger partial charge on any atom is 0.240 e. The van der Waals surface area contributed by atoms with E-state index in [2.05, 4.69) is 11.9 Å². The first kappa shape index (κ1) is 18.4. The summed E-state index contributed by atoms with van der Waals surface area (Å²) in [4.78, 5) is 18.8. The van der Waals surface area contributed by atoms with E-state index in [0.717, 1.165) is 37.1 Å². The van der Waals surface area contributed by atoms with Gasteiger partial charge in [0, 0.05) is 18.0 Å². The Morgan fingerprint density at radius 3 is 2.78 bits per heavy atom. The van der Waals surface area contributed by atoms with E-state index in [4.69, 9.17) is 0 Å². The quantitative estimate of drug-likeness (QED) is 0.784. The van der Waals surface area contributed by atoms with Crippen LogP contribution in [0.3, 0.4) is 0 Å². The fourth-order valence-corrected chi connectivity index (χ4v) is 5.11. The third kappa shape index (κ3) is 4.32. The van der Waals surface area contributed by atoms with Gasteiger partial charge in [-0.15, -0.1) is 11.3 Å². The van der Waals surface area contributed by atoms with E-state index in [1.165, 1.54) is 18.3 Å². The lowest BCUT2D eigenvalue weighted by atomic mass is 10.00. The van der Waals surface area contributed by atoms with Crippen molar-refractivity contribution in [2.24, 2.45) is 0 Å². The van der Waals surface area contributed by atoms with Crippen LogP contribution < -0.4 is 0 Å². The minimum atomic E-state index is -3.54. The summed E-state index contributed by atoms with van der Waals surface area (Å²) in [5, 5.41) is 1.71. The van der Waals surface area contributed by atoms with Crippen molar-refractivity contribution < 1.29 is 13.2 Å². The van der Waals surface area contributed by atoms with Gasteiger partial charge in [-0.2, -0.15) is 0 Å². The van der Waals surface area contributed by atoms with E-state index in [1.54, 1.807) is 10.3 Å². The van der Waals surface area contributed by atoms with Crippen molar-refractivity contribution in [3.8, 4) is 0 Å². The minimum Gasteiger partial charge on any atom is -0.339 e. The van der Waals surface area contributed by atoms with Gasteiger partial charge >= 0.3 is 0 Å². The van der Waals surface area contributed by atoms with Crippen LogP contribution in [-0.4, -0.2) is 42.0 Å². The Morgan fingerprint density at radius 2 is 2.17 bits per heavy atom. The number of hydrogen-bond acceptors (Lipinski definition) is 5. The molecular weight excluding hydrogens is 332 g/mol. The van der Waals surface area contributed by atoms with Gasteiger partial charge in [-0.1, -0.05) is 13.8 Å². The molecule has 1 aromatic heterocycles. The van der Waals surface area contributed by atoms with Gasteiger partial charge in [0.2, 0.25) is 5.91 Å². The average Bonchev–Trinajstić information content (AvgIpc) is 3.00. The molecule has 0 bridgehead atoms. The summed E-state index contributed by atoms with van der Waals surface area (Å²) in [5.41, 5.74) is 0.553. The number of aryl methyl sites for hydroxylation is 1. The second kappa shape index (κ2) is 7.75. The topological polar surface area (TPSA) is 67.3 Å². The normalized spacial score (nSPS) is 20.5. The maximum absolute atomic E-state index is 12.7. The number of piperidine rings is 1. The van der Waals surface area contributed by atoms with Gasteiger partial charge < -0.3 is 4.90 Å². The van der Waals surface area contributed by atoms with Crippen LogP contribution in [0.1, 0.15) is 57.2 Å². The van der Waals surface area contributed by atoms with Crippen molar-refractivity contribution in [3.63, 3.8) is 0 Å². The second-order valence-electron chi connectivity index (χ2n) is 6.13. The lowest BCUT2D eigenvalue weighted by molar-refractivity contribution is -0.134. The van der Waals surface area contributed by atoms with Crippen LogP contribution >= 0.6 is 11.3 Å². The van der Waals surface area contributed by atoms with E-state index < -0.39 is 15.1 Å². The van der Waals surface area contributed by atoms with Crippen LogP contribution in [0.4, 0.5) is 0 Å². The molecule has 1 aliphatic rings. The van der Waals surface area contributed by atoms with Crippen LogP contribution in [0.5, 0.6) is 0 Å². The Bertz CT molecular complexity index is 640. The Hall–Kier alpha value is -0.950. The van der Waals surface area contributed by atoms with Gasteiger partial charge in [-0.25, -0.2) is 13.4 Å². The number of aromatic nitrogens is 1. The van der Waals surface area contributed by atoms with Crippen molar-refractivity contribution in [2.45, 2.75) is 69.9 Å². The number of thiazole rings is 1. The molecule has 2 unspecified atom stereocenters. The van der Waals surface area contributed by atoms with Crippen LogP contribution in [0.2, 0.25) is 0 Å². The summed E-state index contributed by atoms with van der Waals surface area (Å²) < 4.78 is 25.2. The highest BCUT2D eigenvalue weighted by atomic mass is 32.2. The van der Waals surface area contributed by atoms with E-state index in [-0.39, 0.29) is 17.7 Å². The highest BCUT2D eigenvalue weighted by Gasteiger charge is 2.35. The molecule has 1 aliphatic heterocycles. The summed E-state index contributed by atoms with van der Waals surface area (Å²) in [7, 11) is -3.54.